The third-order valence-electron chi connectivity index (χ3n) is 2.61. The molecule has 0 aliphatic heterocycles. The van der Waals surface area contributed by atoms with Crippen LogP contribution in [-0.2, 0) is 4.79 Å². The second-order valence-electron chi connectivity index (χ2n) is 4.29. The van der Waals surface area contributed by atoms with Crippen LogP contribution in [0.3, 0.4) is 0 Å². The minimum absolute atomic E-state index is 0.00633. The van der Waals surface area contributed by atoms with Crippen molar-refractivity contribution in [1.82, 2.24) is 0 Å². The second-order valence-corrected chi connectivity index (χ2v) is 4.29. The lowest BCUT2D eigenvalue weighted by Gasteiger charge is -2.02. The Hall–Kier alpha value is -0.530. The molecule has 2 heteroatoms. The van der Waals surface area contributed by atoms with Crippen LogP contribution in [0.25, 0.3) is 0 Å². The van der Waals surface area contributed by atoms with Crippen LogP contribution in [0.4, 0.5) is 0 Å². The van der Waals surface area contributed by atoms with Crippen molar-refractivity contribution in [3.8, 4) is 0 Å². The van der Waals surface area contributed by atoms with Gasteiger partial charge in [-0.05, 0) is 6.37 Å². The number of hydrogen-bond donors (Lipinski definition) is 1. The summed E-state index contributed by atoms with van der Waals surface area (Å²) in [5, 5.41) is 8.87. The summed E-state index contributed by atoms with van der Waals surface area (Å²) in [5.74, 6) is -2.21. The number of rotatable bonds is 14. The Morgan fingerprint density at radius 2 is 1.44 bits per heavy atom. The molecule has 18 heavy (non-hydrogen) atoms. The van der Waals surface area contributed by atoms with Gasteiger partial charge in [-0.1, -0.05) is 83.9 Å². The van der Waals surface area contributed by atoms with Crippen LogP contribution in [0.2, 0.25) is 0 Å². The molecule has 0 aromatic rings. The molecule has 0 saturated carbocycles. The van der Waals surface area contributed by atoms with Crippen molar-refractivity contribution in [1.29, 1.82) is 0 Å². The lowest BCUT2D eigenvalue weighted by molar-refractivity contribution is -0.137. The fourth-order valence-electron chi connectivity index (χ4n) is 1.62. The Balaban J connectivity index is 4.83. The minimum atomic E-state index is -3.66. The van der Waals surface area contributed by atoms with Crippen molar-refractivity contribution in [2.24, 2.45) is 0 Å². The molecule has 0 heterocycles. The van der Waals surface area contributed by atoms with Crippen LogP contribution >= 0.6 is 0 Å². The van der Waals surface area contributed by atoms with Crippen molar-refractivity contribution in [2.75, 3.05) is 0 Å². The lowest BCUT2D eigenvalue weighted by atomic mass is 10.0. The van der Waals surface area contributed by atoms with E-state index in [1.165, 1.54) is 12.8 Å². The van der Waals surface area contributed by atoms with Gasteiger partial charge in [0.1, 0.15) is 0 Å². The zero-order valence-corrected chi connectivity index (χ0v) is 11.3. The maximum Gasteiger partial charge on any atom is 0.303 e. The number of aliphatic carboxylic acids is 1. The largest absolute Gasteiger partial charge is 0.481 e. The Morgan fingerprint density at radius 3 is 2.00 bits per heavy atom. The second kappa shape index (κ2) is 14.5. The van der Waals surface area contributed by atoms with Gasteiger partial charge in [0.15, 0.2) is 0 Å². The molecule has 1 unspecified atom stereocenters. The van der Waals surface area contributed by atoms with E-state index in [4.69, 9.17) is 17.4 Å². The lowest BCUT2D eigenvalue weighted by Crippen LogP contribution is -1.93. The van der Waals surface area contributed by atoms with E-state index in [0.29, 0.717) is 6.42 Å². The van der Waals surface area contributed by atoms with Crippen molar-refractivity contribution < 1.29 is 22.2 Å². The smallest absolute Gasteiger partial charge is 0.303 e. The fourth-order valence-corrected chi connectivity index (χ4v) is 1.62. The molecule has 0 radical (unpaired) electrons. The molecule has 0 aromatic carbocycles. The number of unbranched alkanes of at least 4 members (excludes halogenated alkanes) is 7. The van der Waals surface area contributed by atoms with Crippen molar-refractivity contribution in [3.05, 3.63) is 0 Å². The van der Waals surface area contributed by atoms with Gasteiger partial charge in [0.2, 0.25) is 0 Å². The summed E-state index contributed by atoms with van der Waals surface area (Å²) in [7, 11) is 0. The molecule has 1 atom stereocenters. The van der Waals surface area contributed by atoms with Crippen molar-refractivity contribution >= 4 is 5.97 Å². The van der Waals surface area contributed by atoms with Gasteiger partial charge in [0, 0.05) is 18.7 Å². The summed E-state index contributed by atoms with van der Waals surface area (Å²) in [6.07, 6.45) is -7.67. The summed E-state index contributed by atoms with van der Waals surface area (Å²) < 4.78 is 69.4. The molecule has 0 rings (SSSR count). The first-order valence-electron chi connectivity index (χ1n) is 11.4. The molecule has 0 aliphatic carbocycles. The highest BCUT2D eigenvalue weighted by Gasteiger charge is 1.96. The zero-order valence-electron chi connectivity index (χ0n) is 20.3. The highest BCUT2D eigenvalue weighted by Crippen LogP contribution is 2.12. The van der Waals surface area contributed by atoms with E-state index >= 15 is 0 Å². The average Bonchev–Trinajstić information content (AvgIpc) is 2.56. The first-order chi connectivity index (χ1) is 12.2. The van der Waals surface area contributed by atoms with Crippen molar-refractivity contribution in [3.63, 3.8) is 0 Å². The van der Waals surface area contributed by atoms with Gasteiger partial charge < -0.3 is 5.11 Å². The van der Waals surface area contributed by atoms with E-state index in [-0.39, 0.29) is 6.42 Å². The molecule has 0 bridgehead atoms. The monoisotopic (exact) mass is 265 g/mol. The summed E-state index contributed by atoms with van der Waals surface area (Å²) in [6.45, 7) is 2.13. The summed E-state index contributed by atoms with van der Waals surface area (Å²) >= 11 is 0. The predicted octanol–water partition coefficient (Wildman–Crippen LogP) is 5.55. The van der Waals surface area contributed by atoms with Gasteiger partial charge in [-0.25, -0.2) is 0 Å². The van der Waals surface area contributed by atoms with Gasteiger partial charge in [-0.2, -0.15) is 0 Å². The first-order valence-corrected chi connectivity index (χ1v) is 6.83. The predicted molar refractivity (Wildman–Crippen MR) is 77.9 cm³/mol. The molecule has 0 aromatic heterocycles. The maximum absolute atomic E-state index is 11.0. The van der Waals surface area contributed by atoms with E-state index in [2.05, 4.69) is 6.92 Å². The molecule has 0 aliphatic rings. The SMILES string of the molecule is [2H]C(CCCCCCCCCC)C([2H])([2H])C([2H])([2H])C([2H])([2H])C([2H])([2H])C(=O)O. The third kappa shape index (κ3) is 15.5. The van der Waals surface area contributed by atoms with E-state index in [1.807, 2.05) is 0 Å². The molecule has 0 saturated heterocycles. The normalized spacial score (nSPS) is 23.1. The summed E-state index contributed by atoms with van der Waals surface area (Å²) in [4.78, 5) is 11.0. The molecule has 0 fully saturated rings. The average molecular weight is 265 g/mol. The van der Waals surface area contributed by atoms with Crippen molar-refractivity contribution in [2.45, 2.75) is 96.6 Å². The Labute approximate surface area is 126 Å². The summed E-state index contributed by atoms with van der Waals surface area (Å²) in [6, 6.07) is 0. The Bertz CT molecular complexity index is 467. The van der Waals surface area contributed by atoms with Crippen LogP contribution in [0.5, 0.6) is 0 Å². The fraction of sp³-hybridized carbons (Fsp3) is 0.938. The number of carboxylic acids is 1. The minimum Gasteiger partial charge on any atom is -0.481 e. The molecule has 1 N–H and O–H groups in total. The molecule has 108 valence electrons. The summed E-state index contributed by atoms with van der Waals surface area (Å²) in [5.41, 5.74) is 0. The van der Waals surface area contributed by atoms with Crippen LogP contribution in [0.1, 0.15) is 109 Å². The van der Waals surface area contributed by atoms with Crippen LogP contribution in [0, 0.1) is 0 Å². The first kappa shape index (κ1) is 7.31. The Kier molecular flexibility index (Phi) is 5.90. The van der Waals surface area contributed by atoms with Gasteiger partial charge in [-0.15, -0.1) is 0 Å². The van der Waals surface area contributed by atoms with Gasteiger partial charge >= 0.3 is 5.97 Å². The molecule has 0 spiro atoms. The highest BCUT2D eigenvalue weighted by molar-refractivity contribution is 5.66. The van der Waals surface area contributed by atoms with Crippen LogP contribution in [0.15, 0.2) is 0 Å². The molecule has 0 amide bonds. The van der Waals surface area contributed by atoms with E-state index in [9.17, 15) is 4.79 Å². The van der Waals surface area contributed by atoms with E-state index in [0.717, 1.165) is 32.1 Å². The zero-order chi connectivity index (χ0) is 21.5. The maximum atomic E-state index is 11.0. The van der Waals surface area contributed by atoms with E-state index < -0.39 is 37.9 Å². The number of hydrogen-bond acceptors (Lipinski definition) is 1. The van der Waals surface area contributed by atoms with Gasteiger partial charge in [0.25, 0.3) is 0 Å². The van der Waals surface area contributed by atoms with E-state index in [1.54, 1.807) is 0 Å². The van der Waals surface area contributed by atoms with Gasteiger partial charge in [0.05, 0.1) is 0 Å². The molecule has 2 nitrogen and oxygen atoms in total. The number of carboxylic acid groups (broad SMARTS) is 1. The number of carbonyl (C=O) groups is 1. The molecular formula is C16H32O2. The standard InChI is InChI=1S/C16H32O2/c1-2-3-4-5-6-7-8-9-10-11-12-13-14-15-16(17)18/h2-15H2,1H3,(H,17,18)/i11D,12D2,13D2,14D2,15D2. The highest BCUT2D eigenvalue weighted by atomic mass is 16.4. The van der Waals surface area contributed by atoms with Crippen LogP contribution < -0.4 is 0 Å². The quantitative estimate of drug-likeness (QED) is 0.418. The molecular weight excluding hydrogens is 224 g/mol. The topological polar surface area (TPSA) is 37.3 Å². The third-order valence-corrected chi connectivity index (χ3v) is 2.61. The Morgan fingerprint density at radius 1 is 0.889 bits per heavy atom. The van der Waals surface area contributed by atoms with Crippen LogP contribution in [-0.4, -0.2) is 11.1 Å². The van der Waals surface area contributed by atoms with Gasteiger partial charge in [-0.3, -0.25) is 4.79 Å².